The Labute approximate surface area is 233 Å². The number of anilines is 1. The highest BCUT2D eigenvalue weighted by molar-refractivity contribution is 7.92. The summed E-state index contributed by atoms with van der Waals surface area (Å²) in [6.07, 6.45) is 0.783. The molecule has 216 valence electrons. The van der Waals surface area contributed by atoms with Gasteiger partial charge in [0.05, 0.1) is 34.3 Å². The number of ether oxygens (including phenoxy) is 1. The second-order valence-electron chi connectivity index (χ2n) is 9.98. The first-order valence-electron chi connectivity index (χ1n) is 12.3. The molecule has 0 spiro atoms. The molecule has 0 aliphatic heterocycles. The summed E-state index contributed by atoms with van der Waals surface area (Å²) < 4.78 is 72.1. The summed E-state index contributed by atoms with van der Waals surface area (Å²) in [5.41, 5.74) is -2.00. The van der Waals surface area contributed by atoms with E-state index in [-0.39, 0.29) is 47.0 Å². The average molecular weight is 603 g/mol. The van der Waals surface area contributed by atoms with Crippen molar-refractivity contribution in [2.75, 3.05) is 19.0 Å². The van der Waals surface area contributed by atoms with Crippen LogP contribution in [-0.2, 0) is 24.2 Å². The van der Waals surface area contributed by atoms with Crippen LogP contribution in [0.4, 0.5) is 18.9 Å². The second-order valence-corrected chi connectivity index (χ2v) is 12.6. The number of sulfone groups is 1. The molecule has 0 heterocycles. The topological polar surface area (TPSA) is 139 Å². The van der Waals surface area contributed by atoms with Crippen LogP contribution in [0.25, 0.3) is 0 Å². The molecule has 2 amide bonds. The van der Waals surface area contributed by atoms with Crippen LogP contribution < -0.4 is 10.6 Å². The number of aliphatic hydroxyl groups is 1. The summed E-state index contributed by atoms with van der Waals surface area (Å²) in [6.45, 7) is -0.356. The molecule has 2 fully saturated rings. The zero-order valence-electron chi connectivity index (χ0n) is 21.2. The Hall–Kier alpha value is -3.16. The highest BCUT2D eigenvalue weighted by Crippen LogP contribution is 2.53. The van der Waals surface area contributed by atoms with Gasteiger partial charge in [-0.15, -0.1) is 0 Å². The van der Waals surface area contributed by atoms with E-state index in [4.69, 9.17) is 11.6 Å². The number of esters is 1. The Kier molecular flexibility index (Phi) is 8.48. The van der Waals surface area contributed by atoms with E-state index >= 15 is 0 Å². The van der Waals surface area contributed by atoms with Crippen molar-refractivity contribution < 1.29 is 45.8 Å². The van der Waals surface area contributed by atoms with Crippen LogP contribution in [0.15, 0.2) is 35.2 Å². The number of amides is 2. The van der Waals surface area contributed by atoms with E-state index in [1.54, 1.807) is 0 Å². The molecular weight excluding hydrogens is 577 g/mol. The monoisotopic (exact) mass is 602 g/mol. The van der Waals surface area contributed by atoms with Crippen LogP contribution in [0.5, 0.6) is 0 Å². The Morgan fingerprint density at radius 2 is 1.68 bits per heavy atom. The molecule has 0 saturated heterocycles. The molecule has 2 aliphatic carbocycles. The molecule has 2 aromatic rings. The van der Waals surface area contributed by atoms with Crippen molar-refractivity contribution in [1.82, 2.24) is 5.32 Å². The van der Waals surface area contributed by atoms with Crippen molar-refractivity contribution in [1.29, 1.82) is 0 Å². The third-order valence-electron chi connectivity index (χ3n) is 7.65. The molecular formula is C26H26ClF3N2O7S. The van der Waals surface area contributed by atoms with Crippen molar-refractivity contribution >= 4 is 44.9 Å². The molecule has 14 heteroatoms. The van der Waals surface area contributed by atoms with Crippen LogP contribution >= 0.6 is 11.6 Å². The van der Waals surface area contributed by atoms with E-state index in [0.717, 1.165) is 6.07 Å². The zero-order chi connectivity index (χ0) is 29.4. The van der Waals surface area contributed by atoms with Crippen LogP contribution in [0, 0.1) is 29.3 Å². The number of rotatable bonds is 8. The molecule has 4 rings (SSSR count). The predicted octanol–water partition coefficient (Wildman–Crippen LogP) is 3.38. The number of carbonyl (C=O) groups is 3. The quantitative estimate of drug-likeness (QED) is 0.311. The summed E-state index contributed by atoms with van der Waals surface area (Å²) >= 11 is 6.22. The fraction of sp³-hybridized carbons (Fsp3) is 0.423. The summed E-state index contributed by atoms with van der Waals surface area (Å²) in [5, 5.41) is 14.8. The predicted molar refractivity (Wildman–Crippen MR) is 137 cm³/mol. The Bertz CT molecular complexity index is 1430. The summed E-state index contributed by atoms with van der Waals surface area (Å²) in [6, 6.07) is 4.64. The number of hydrogen-bond donors (Lipinski definition) is 3. The molecule has 0 radical (unpaired) electrons. The fourth-order valence-electron chi connectivity index (χ4n) is 5.59. The van der Waals surface area contributed by atoms with Crippen LogP contribution in [0.2, 0.25) is 5.02 Å². The number of nitrogens with one attached hydrogen (secondary N) is 2. The van der Waals surface area contributed by atoms with Crippen molar-refractivity contribution in [2.45, 2.75) is 47.9 Å². The highest BCUT2D eigenvalue weighted by atomic mass is 35.5. The number of methoxy groups -OCH3 is 1. The Morgan fingerprint density at radius 1 is 1.07 bits per heavy atom. The van der Waals surface area contributed by atoms with Gasteiger partial charge in [0.2, 0.25) is 5.91 Å². The summed E-state index contributed by atoms with van der Waals surface area (Å²) in [5.74, 6) is -7.86. The van der Waals surface area contributed by atoms with Crippen LogP contribution in [0.1, 0.15) is 42.5 Å². The second kappa shape index (κ2) is 11.4. The van der Waals surface area contributed by atoms with Crippen molar-refractivity contribution in [2.24, 2.45) is 11.8 Å². The molecule has 4 atom stereocenters. The van der Waals surface area contributed by atoms with Crippen molar-refractivity contribution in [3.8, 4) is 0 Å². The van der Waals surface area contributed by atoms with Gasteiger partial charge < -0.3 is 20.5 Å². The van der Waals surface area contributed by atoms with E-state index < -0.39 is 67.8 Å². The van der Waals surface area contributed by atoms with E-state index in [0.29, 0.717) is 25.0 Å². The molecule has 40 heavy (non-hydrogen) atoms. The first-order valence-corrected chi connectivity index (χ1v) is 14.2. The van der Waals surface area contributed by atoms with Gasteiger partial charge in [-0.3, -0.25) is 14.4 Å². The maximum Gasteiger partial charge on any atom is 0.325 e. The lowest BCUT2D eigenvalue weighted by molar-refractivity contribution is -0.143. The number of fused-ring (bicyclic) bond motifs is 2. The minimum absolute atomic E-state index is 0.0422. The SMILES string of the molecule is COC(=O)CNC(=O)C[C@@]1(O)C2CC[C@H]1C[C@H](S(=O)(=O)c1cc(C(=O)Nc3cc(F)c(F)c(F)c3)ccc1Cl)C2. The van der Waals surface area contributed by atoms with Gasteiger partial charge >= 0.3 is 5.97 Å². The maximum atomic E-state index is 13.7. The van der Waals surface area contributed by atoms with Crippen molar-refractivity contribution in [3.63, 3.8) is 0 Å². The van der Waals surface area contributed by atoms with Gasteiger partial charge in [-0.25, -0.2) is 21.6 Å². The van der Waals surface area contributed by atoms with Gasteiger partial charge in [0, 0.05) is 23.4 Å². The smallest absolute Gasteiger partial charge is 0.325 e. The van der Waals surface area contributed by atoms with Gasteiger partial charge in [0.25, 0.3) is 5.91 Å². The van der Waals surface area contributed by atoms with Gasteiger partial charge in [0.1, 0.15) is 6.54 Å². The van der Waals surface area contributed by atoms with Gasteiger partial charge in [0.15, 0.2) is 27.3 Å². The standard InChI is InChI=1S/C26H26ClF3N2O7S/c1-39-23(34)12-31-22(33)11-26(36)14-3-4-15(26)8-17(7-14)40(37,38)21-6-13(2-5-18(21)27)25(35)32-16-9-19(28)24(30)20(29)10-16/h2,5-6,9-10,14-15,17,36H,3-4,7-8,11-12H2,1H3,(H,31,33)(H,32,35)/t14-,15?,17-,26-/m0/s1. The molecule has 3 N–H and O–H groups in total. The number of carbonyl (C=O) groups excluding carboxylic acids is 3. The van der Waals surface area contributed by atoms with Crippen LogP contribution in [-0.4, -0.2) is 55.8 Å². The Balaban J connectivity index is 1.51. The molecule has 1 unspecified atom stereocenters. The molecule has 9 nitrogen and oxygen atoms in total. The van der Waals surface area contributed by atoms with E-state index in [1.807, 2.05) is 0 Å². The largest absolute Gasteiger partial charge is 0.468 e. The first kappa shape index (κ1) is 29.8. The van der Waals surface area contributed by atoms with Crippen LogP contribution in [0.3, 0.4) is 0 Å². The zero-order valence-corrected chi connectivity index (χ0v) is 22.8. The van der Waals surface area contributed by atoms with Gasteiger partial charge in [-0.05, 0) is 55.7 Å². The third-order valence-corrected chi connectivity index (χ3v) is 10.3. The first-order chi connectivity index (χ1) is 18.8. The lowest BCUT2D eigenvalue weighted by atomic mass is 9.72. The lowest BCUT2D eigenvalue weighted by Crippen LogP contribution is -2.51. The van der Waals surface area contributed by atoms with Gasteiger partial charge in [-0.2, -0.15) is 0 Å². The van der Waals surface area contributed by atoms with E-state index in [9.17, 15) is 41.1 Å². The average Bonchev–Trinajstić information content (AvgIpc) is 3.06. The van der Waals surface area contributed by atoms with E-state index in [1.165, 1.54) is 19.2 Å². The fourth-order valence-corrected chi connectivity index (χ4v) is 7.99. The lowest BCUT2D eigenvalue weighted by Gasteiger charge is -2.42. The minimum atomic E-state index is -4.12. The number of hydrogen-bond acceptors (Lipinski definition) is 7. The number of halogens is 4. The summed E-state index contributed by atoms with van der Waals surface area (Å²) in [7, 11) is -2.95. The molecule has 2 aliphatic rings. The minimum Gasteiger partial charge on any atom is -0.468 e. The summed E-state index contributed by atoms with van der Waals surface area (Å²) in [4.78, 5) is 36.1. The molecule has 2 saturated carbocycles. The molecule has 0 aromatic heterocycles. The van der Waals surface area contributed by atoms with Crippen molar-refractivity contribution in [3.05, 3.63) is 58.4 Å². The Morgan fingerprint density at radius 3 is 2.25 bits per heavy atom. The van der Waals surface area contributed by atoms with Gasteiger partial charge in [-0.1, -0.05) is 11.6 Å². The highest BCUT2D eigenvalue weighted by Gasteiger charge is 2.56. The molecule has 2 bridgehead atoms. The molecule has 2 aromatic carbocycles. The number of benzene rings is 2. The maximum absolute atomic E-state index is 13.7. The normalized spacial score (nSPS) is 23.9. The van der Waals surface area contributed by atoms with E-state index in [2.05, 4.69) is 15.4 Å². The third kappa shape index (κ3) is 5.81.